The van der Waals surface area contributed by atoms with Crippen LogP contribution in [0.2, 0.25) is 0 Å². The molecule has 2 saturated carbocycles. The minimum Gasteiger partial charge on any atom is -0.348 e. The molecule has 0 saturated heterocycles. The van der Waals surface area contributed by atoms with Gasteiger partial charge in [-0.2, -0.15) is 0 Å². The van der Waals surface area contributed by atoms with Crippen LogP contribution < -0.4 is 5.73 Å². The lowest BCUT2D eigenvalue weighted by atomic mass is 9.90. The van der Waals surface area contributed by atoms with E-state index in [1.54, 1.807) is 6.33 Å². The smallest absolute Gasteiger partial charge is 0.0926 e. The van der Waals surface area contributed by atoms with Gasteiger partial charge in [-0.25, -0.2) is 4.98 Å². The van der Waals surface area contributed by atoms with Crippen molar-refractivity contribution >= 4 is 0 Å². The molecule has 1 aromatic heterocycles. The highest BCUT2D eigenvalue weighted by Crippen LogP contribution is 2.58. The minimum absolute atomic E-state index is 0.113. The van der Waals surface area contributed by atoms with Crippen LogP contribution in [0.25, 0.3) is 0 Å². The monoisotopic (exact) mass is 177 g/mol. The van der Waals surface area contributed by atoms with Crippen molar-refractivity contribution in [2.45, 2.75) is 31.7 Å². The van der Waals surface area contributed by atoms with Gasteiger partial charge in [0, 0.05) is 5.69 Å². The molecule has 0 aliphatic heterocycles. The fourth-order valence-corrected chi connectivity index (χ4v) is 2.88. The number of fused-ring (bicyclic) bond motifs is 1. The van der Waals surface area contributed by atoms with Crippen LogP contribution in [0.5, 0.6) is 0 Å². The molecular formula is C10H15N3. The number of rotatable bonds is 1. The van der Waals surface area contributed by atoms with E-state index in [2.05, 4.69) is 16.9 Å². The molecule has 70 valence electrons. The van der Waals surface area contributed by atoms with Crippen molar-refractivity contribution in [1.29, 1.82) is 0 Å². The Labute approximate surface area is 77.7 Å². The van der Waals surface area contributed by atoms with E-state index in [1.165, 1.54) is 6.42 Å². The fourth-order valence-electron chi connectivity index (χ4n) is 2.88. The third kappa shape index (κ3) is 0.967. The number of nitrogens with two attached hydrogens (primary N) is 1. The molecule has 2 aliphatic carbocycles. The minimum atomic E-state index is -0.113. The first-order valence-corrected chi connectivity index (χ1v) is 4.98. The fraction of sp³-hybridized carbons (Fsp3) is 0.700. The van der Waals surface area contributed by atoms with Crippen molar-refractivity contribution in [1.82, 2.24) is 9.97 Å². The molecule has 3 rings (SSSR count). The number of imidazole rings is 1. The Morgan fingerprint density at radius 1 is 1.54 bits per heavy atom. The Balaban J connectivity index is 1.96. The van der Waals surface area contributed by atoms with Crippen LogP contribution in [0.15, 0.2) is 6.33 Å². The van der Waals surface area contributed by atoms with E-state index in [1.807, 2.05) is 0 Å². The van der Waals surface area contributed by atoms with Gasteiger partial charge in [-0.05, 0) is 38.0 Å². The molecule has 2 atom stereocenters. The van der Waals surface area contributed by atoms with Gasteiger partial charge < -0.3 is 10.7 Å². The van der Waals surface area contributed by atoms with Gasteiger partial charge in [-0.1, -0.05) is 0 Å². The molecule has 2 unspecified atom stereocenters. The summed E-state index contributed by atoms with van der Waals surface area (Å²) in [6.45, 7) is 2.06. The zero-order valence-corrected chi connectivity index (χ0v) is 7.88. The second-order valence-corrected chi connectivity index (χ2v) is 4.70. The number of hydrogen-bond acceptors (Lipinski definition) is 2. The maximum Gasteiger partial charge on any atom is 0.0926 e. The molecule has 3 nitrogen and oxygen atoms in total. The quantitative estimate of drug-likeness (QED) is 0.679. The number of nitrogens with one attached hydrogen (secondary N) is 1. The highest BCUT2D eigenvalue weighted by molar-refractivity contribution is 5.24. The number of nitrogens with zero attached hydrogens (tertiary/aromatic N) is 1. The predicted molar refractivity (Wildman–Crippen MR) is 50.0 cm³/mol. The molecule has 3 heteroatoms. The van der Waals surface area contributed by atoms with E-state index in [-0.39, 0.29) is 5.54 Å². The Morgan fingerprint density at radius 2 is 2.23 bits per heavy atom. The molecule has 3 N–H and O–H groups in total. The van der Waals surface area contributed by atoms with E-state index in [0.717, 1.165) is 36.1 Å². The maximum atomic E-state index is 6.36. The molecule has 0 spiro atoms. The average Bonchev–Trinajstić information content (AvgIpc) is 2.54. The van der Waals surface area contributed by atoms with Crippen LogP contribution in [0.1, 0.15) is 30.7 Å². The van der Waals surface area contributed by atoms with Crippen molar-refractivity contribution in [2.75, 3.05) is 0 Å². The van der Waals surface area contributed by atoms with Gasteiger partial charge in [0.2, 0.25) is 0 Å². The Kier molecular flexibility index (Phi) is 1.25. The summed E-state index contributed by atoms with van der Waals surface area (Å²) in [6.07, 6.45) is 5.44. The number of H-pyrrole nitrogens is 1. The second kappa shape index (κ2) is 2.15. The molecule has 0 amide bonds. The van der Waals surface area contributed by atoms with Crippen molar-refractivity contribution in [3.05, 3.63) is 17.7 Å². The van der Waals surface area contributed by atoms with Gasteiger partial charge in [0.1, 0.15) is 0 Å². The molecule has 0 aromatic carbocycles. The summed E-state index contributed by atoms with van der Waals surface area (Å²) in [5, 5.41) is 0. The zero-order valence-electron chi connectivity index (χ0n) is 7.88. The van der Waals surface area contributed by atoms with Gasteiger partial charge in [-0.3, -0.25) is 0 Å². The lowest BCUT2D eigenvalue weighted by Crippen LogP contribution is -2.36. The number of hydrogen-bond donors (Lipinski definition) is 2. The SMILES string of the molecule is Cc1[nH]cnc1C1(N)CC2CC2C1. The standard InChI is InChI=1S/C10H15N3/c1-6-9(13-5-12-6)10(11)3-7-2-8(7)4-10/h5,7-8H,2-4,11H2,1H3,(H,12,13). The largest absolute Gasteiger partial charge is 0.348 e. The van der Waals surface area contributed by atoms with Crippen LogP contribution in [0, 0.1) is 18.8 Å². The molecule has 2 fully saturated rings. The van der Waals surface area contributed by atoms with E-state index in [9.17, 15) is 0 Å². The summed E-state index contributed by atoms with van der Waals surface area (Å²) in [5.41, 5.74) is 8.49. The molecule has 1 aromatic rings. The average molecular weight is 177 g/mol. The van der Waals surface area contributed by atoms with Gasteiger partial charge in [-0.15, -0.1) is 0 Å². The highest BCUT2D eigenvalue weighted by Gasteiger charge is 2.53. The molecule has 2 aliphatic rings. The number of aromatic nitrogens is 2. The van der Waals surface area contributed by atoms with Gasteiger partial charge in [0.05, 0.1) is 17.6 Å². The highest BCUT2D eigenvalue weighted by atomic mass is 15.0. The van der Waals surface area contributed by atoms with Crippen molar-refractivity contribution in [3.8, 4) is 0 Å². The third-order valence-corrected chi connectivity index (χ3v) is 3.62. The van der Waals surface area contributed by atoms with E-state index < -0.39 is 0 Å². The zero-order chi connectivity index (χ0) is 9.05. The summed E-state index contributed by atoms with van der Waals surface area (Å²) >= 11 is 0. The molecule has 13 heavy (non-hydrogen) atoms. The summed E-state index contributed by atoms with van der Waals surface area (Å²) in [7, 11) is 0. The third-order valence-electron chi connectivity index (χ3n) is 3.62. The van der Waals surface area contributed by atoms with E-state index in [0.29, 0.717) is 0 Å². The lowest BCUT2D eigenvalue weighted by molar-refractivity contribution is 0.399. The summed E-state index contributed by atoms with van der Waals surface area (Å²) < 4.78 is 0. The van der Waals surface area contributed by atoms with Crippen LogP contribution in [-0.2, 0) is 5.54 Å². The summed E-state index contributed by atoms with van der Waals surface area (Å²) in [6, 6.07) is 0. The Bertz CT molecular complexity index is 332. The van der Waals surface area contributed by atoms with Crippen LogP contribution in [-0.4, -0.2) is 9.97 Å². The second-order valence-electron chi connectivity index (χ2n) is 4.70. The van der Waals surface area contributed by atoms with E-state index >= 15 is 0 Å². The van der Waals surface area contributed by atoms with Gasteiger partial charge in [0.25, 0.3) is 0 Å². The summed E-state index contributed by atoms with van der Waals surface area (Å²) in [5.74, 6) is 1.81. The number of aromatic amines is 1. The Morgan fingerprint density at radius 3 is 2.77 bits per heavy atom. The first kappa shape index (κ1) is 7.56. The van der Waals surface area contributed by atoms with Gasteiger partial charge in [0.15, 0.2) is 0 Å². The van der Waals surface area contributed by atoms with Crippen molar-refractivity contribution in [2.24, 2.45) is 17.6 Å². The normalized spacial score (nSPS) is 42.0. The van der Waals surface area contributed by atoms with Crippen molar-refractivity contribution < 1.29 is 0 Å². The van der Waals surface area contributed by atoms with Crippen LogP contribution in [0.4, 0.5) is 0 Å². The molecule has 1 heterocycles. The summed E-state index contributed by atoms with van der Waals surface area (Å²) in [4.78, 5) is 7.45. The maximum absolute atomic E-state index is 6.36. The lowest BCUT2D eigenvalue weighted by Gasteiger charge is -2.24. The first-order chi connectivity index (χ1) is 6.19. The first-order valence-electron chi connectivity index (χ1n) is 4.98. The molecule has 0 radical (unpaired) electrons. The van der Waals surface area contributed by atoms with Crippen molar-refractivity contribution in [3.63, 3.8) is 0 Å². The molecule has 0 bridgehead atoms. The van der Waals surface area contributed by atoms with E-state index in [4.69, 9.17) is 5.73 Å². The number of aryl methyl sites for hydroxylation is 1. The molecular weight excluding hydrogens is 162 g/mol. The predicted octanol–water partition coefficient (Wildman–Crippen LogP) is 1.30. The van der Waals surface area contributed by atoms with Crippen LogP contribution in [0.3, 0.4) is 0 Å². The van der Waals surface area contributed by atoms with Gasteiger partial charge >= 0.3 is 0 Å². The van der Waals surface area contributed by atoms with Crippen LogP contribution >= 0.6 is 0 Å². The topological polar surface area (TPSA) is 54.7 Å². The Hall–Kier alpha value is -0.830.